The van der Waals surface area contributed by atoms with Gasteiger partial charge in [-0.2, -0.15) is 4.31 Å². The number of alkyl halides is 2. The Kier molecular flexibility index (Phi) is 6.04. The topological polar surface area (TPSA) is 49.4 Å². The highest BCUT2D eigenvalue weighted by Crippen LogP contribution is 2.22. The summed E-state index contributed by atoms with van der Waals surface area (Å²) in [4.78, 5) is 0.0797. The standard InChI is InChI=1S/C13H20F2N2O2S/c1-4-16-8-11-6-5-7-12(10(11)2)20(18,19)17(3)9-13(14)15/h5-7,13,16H,4,8-9H2,1-3H3. The van der Waals surface area contributed by atoms with E-state index in [4.69, 9.17) is 0 Å². The van der Waals surface area contributed by atoms with Crippen molar-refractivity contribution in [1.29, 1.82) is 0 Å². The SMILES string of the molecule is CCNCc1cccc(S(=O)(=O)N(C)CC(F)F)c1C. The van der Waals surface area contributed by atoms with E-state index in [1.807, 2.05) is 13.0 Å². The lowest BCUT2D eigenvalue weighted by molar-refractivity contribution is 0.126. The molecular weight excluding hydrogens is 286 g/mol. The molecule has 0 aliphatic heterocycles. The second-order valence-corrected chi connectivity index (χ2v) is 6.51. The van der Waals surface area contributed by atoms with Gasteiger partial charge < -0.3 is 5.32 Å². The molecule has 0 saturated heterocycles. The first-order valence-electron chi connectivity index (χ1n) is 6.34. The maximum absolute atomic E-state index is 12.4. The minimum atomic E-state index is -3.89. The molecule has 4 nitrogen and oxygen atoms in total. The van der Waals surface area contributed by atoms with E-state index in [0.717, 1.165) is 19.2 Å². The van der Waals surface area contributed by atoms with Gasteiger partial charge in [0.25, 0.3) is 6.43 Å². The van der Waals surface area contributed by atoms with E-state index in [1.165, 1.54) is 6.07 Å². The summed E-state index contributed by atoms with van der Waals surface area (Å²) in [6.45, 7) is 4.15. The van der Waals surface area contributed by atoms with Crippen LogP contribution < -0.4 is 5.32 Å². The normalized spacial score (nSPS) is 12.3. The fourth-order valence-electron chi connectivity index (χ4n) is 1.85. The fraction of sp³-hybridized carbons (Fsp3) is 0.538. The second-order valence-electron chi connectivity index (χ2n) is 4.50. The first-order valence-corrected chi connectivity index (χ1v) is 7.78. The molecule has 1 aromatic carbocycles. The molecule has 0 bridgehead atoms. The number of rotatable bonds is 7. The van der Waals surface area contributed by atoms with Crippen molar-refractivity contribution in [2.45, 2.75) is 31.7 Å². The van der Waals surface area contributed by atoms with Crippen LogP contribution in [0.1, 0.15) is 18.1 Å². The van der Waals surface area contributed by atoms with Gasteiger partial charge in [-0.15, -0.1) is 0 Å². The second kappa shape index (κ2) is 7.10. The molecule has 0 aliphatic carbocycles. The Morgan fingerprint density at radius 3 is 2.55 bits per heavy atom. The van der Waals surface area contributed by atoms with Gasteiger partial charge in [0.05, 0.1) is 11.4 Å². The third-order valence-corrected chi connectivity index (χ3v) is 5.01. The van der Waals surface area contributed by atoms with Crippen LogP contribution in [0.4, 0.5) is 8.78 Å². The molecule has 0 radical (unpaired) electrons. The molecule has 1 aromatic rings. The Morgan fingerprint density at radius 1 is 1.35 bits per heavy atom. The van der Waals surface area contributed by atoms with E-state index < -0.39 is 23.0 Å². The van der Waals surface area contributed by atoms with Crippen LogP contribution in [-0.2, 0) is 16.6 Å². The highest BCUT2D eigenvalue weighted by Gasteiger charge is 2.25. The molecule has 1 rings (SSSR count). The molecular formula is C13H20F2N2O2S. The first kappa shape index (κ1) is 17.0. The molecule has 0 unspecified atom stereocenters. The van der Waals surface area contributed by atoms with E-state index >= 15 is 0 Å². The van der Waals surface area contributed by atoms with Crippen LogP contribution in [0.3, 0.4) is 0 Å². The van der Waals surface area contributed by atoms with Gasteiger partial charge in [-0.1, -0.05) is 19.1 Å². The maximum atomic E-state index is 12.4. The van der Waals surface area contributed by atoms with E-state index in [0.29, 0.717) is 16.4 Å². The van der Waals surface area contributed by atoms with Crippen molar-refractivity contribution in [3.63, 3.8) is 0 Å². The summed E-state index contributed by atoms with van der Waals surface area (Å²) < 4.78 is 50.0. The Morgan fingerprint density at radius 2 is 2.00 bits per heavy atom. The van der Waals surface area contributed by atoms with Gasteiger partial charge in [0.15, 0.2) is 0 Å². The van der Waals surface area contributed by atoms with E-state index in [2.05, 4.69) is 5.32 Å². The van der Waals surface area contributed by atoms with Gasteiger partial charge in [0, 0.05) is 13.6 Å². The summed E-state index contributed by atoms with van der Waals surface area (Å²) in [5.74, 6) is 0. The molecule has 0 amide bonds. The average molecular weight is 306 g/mol. The Labute approximate surface area is 118 Å². The lowest BCUT2D eigenvalue weighted by Gasteiger charge is -2.19. The predicted molar refractivity (Wildman–Crippen MR) is 74.4 cm³/mol. The lowest BCUT2D eigenvalue weighted by Crippen LogP contribution is -2.32. The van der Waals surface area contributed by atoms with Gasteiger partial charge in [-0.05, 0) is 30.7 Å². The van der Waals surface area contributed by atoms with Crippen LogP contribution in [0, 0.1) is 6.92 Å². The molecule has 114 valence electrons. The molecule has 0 atom stereocenters. The minimum absolute atomic E-state index is 0.0797. The number of sulfonamides is 1. The van der Waals surface area contributed by atoms with Crippen LogP contribution in [0.5, 0.6) is 0 Å². The van der Waals surface area contributed by atoms with E-state index in [9.17, 15) is 17.2 Å². The summed E-state index contributed by atoms with van der Waals surface area (Å²) in [7, 11) is -2.72. The van der Waals surface area contributed by atoms with Gasteiger partial charge >= 0.3 is 0 Å². The van der Waals surface area contributed by atoms with Crippen molar-refractivity contribution in [3.8, 4) is 0 Å². The Hall–Kier alpha value is -1.05. The number of halogens is 2. The number of hydrogen-bond acceptors (Lipinski definition) is 3. The number of nitrogens with zero attached hydrogens (tertiary/aromatic N) is 1. The lowest BCUT2D eigenvalue weighted by atomic mass is 10.1. The zero-order valence-electron chi connectivity index (χ0n) is 11.9. The van der Waals surface area contributed by atoms with E-state index in [-0.39, 0.29) is 4.90 Å². The Bertz CT molecular complexity index is 547. The molecule has 0 spiro atoms. The first-order chi connectivity index (χ1) is 9.30. The highest BCUT2D eigenvalue weighted by atomic mass is 32.2. The van der Waals surface area contributed by atoms with Gasteiger partial charge in [-0.25, -0.2) is 17.2 Å². The molecule has 0 aliphatic rings. The van der Waals surface area contributed by atoms with Crippen molar-refractivity contribution in [2.75, 3.05) is 20.1 Å². The van der Waals surface area contributed by atoms with Crippen LogP contribution in [0.25, 0.3) is 0 Å². The van der Waals surface area contributed by atoms with Crippen molar-refractivity contribution in [2.24, 2.45) is 0 Å². The summed E-state index contributed by atoms with van der Waals surface area (Å²) in [5.41, 5.74) is 1.44. The molecule has 0 saturated carbocycles. The Balaban J connectivity index is 3.12. The average Bonchev–Trinajstić information content (AvgIpc) is 2.36. The largest absolute Gasteiger partial charge is 0.313 e. The quantitative estimate of drug-likeness (QED) is 0.838. The maximum Gasteiger partial charge on any atom is 0.252 e. The molecule has 20 heavy (non-hydrogen) atoms. The number of nitrogens with one attached hydrogen (secondary N) is 1. The van der Waals surface area contributed by atoms with Crippen molar-refractivity contribution < 1.29 is 17.2 Å². The molecule has 0 heterocycles. The number of hydrogen-bond donors (Lipinski definition) is 1. The van der Waals surface area contributed by atoms with E-state index in [1.54, 1.807) is 13.0 Å². The smallest absolute Gasteiger partial charge is 0.252 e. The predicted octanol–water partition coefficient (Wildman–Crippen LogP) is 1.99. The third-order valence-electron chi connectivity index (χ3n) is 3.05. The monoisotopic (exact) mass is 306 g/mol. The van der Waals surface area contributed by atoms with Crippen molar-refractivity contribution >= 4 is 10.0 Å². The number of benzene rings is 1. The minimum Gasteiger partial charge on any atom is -0.313 e. The van der Waals surface area contributed by atoms with Gasteiger partial charge in [0.1, 0.15) is 0 Å². The molecule has 7 heteroatoms. The van der Waals surface area contributed by atoms with Gasteiger partial charge in [0.2, 0.25) is 10.0 Å². The molecule has 0 aromatic heterocycles. The van der Waals surface area contributed by atoms with Gasteiger partial charge in [-0.3, -0.25) is 0 Å². The van der Waals surface area contributed by atoms with Crippen molar-refractivity contribution in [1.82, 2.24) is 9.62 Å². The highest BCUT2D eigenvalue weighted by molar-refractivity contribution is 7.89. The zero-order chi connectivity index (χ0) is 15.3. The summed E-state index contributed by atoms with van der Waals surface area (Å²) >= 11 is 0. The van der Waals surface area contributed by atoms with Crippen LogP contribution in [0.15, 0.2) is 23.1 Å². The third kappa shape index (κ3) is 3.97. The van der Waals surface area contributed by atoms with Crippen LogP contribution in [-0.4, -0.2) is 39.3 Å². The van der Waals surface area contributed by atoms with Crippen molar-refractivity contribution in [3.05, 3.63) is 29.3 Å². The van der Waals surface area contributed by atoms with Crippen LogP contribution in [0.2, 0.25) is 0 Å². The zero-order valence-corrected chi connectivity index (χ0v) is 12.7. The molecule has 0 fully saturated rings. The summed E-state index contributed by atoms with van der Waals surface area (Å²) in [6, 6.07) is 4.90. The van der Waals surface area contributed by atoms with Crippen LogP contribution >= 0.6 is 0 Å². The summed E-state index contributed by atoms with van der Waals surface area (Å²) in [5, 5.41) is 3.12. The fourth-order valence-corrected chi connectivity index (χ4v) is 3.26. The molecule has 1 N–H and O–H groups in total. The summed E-state index contributed by atoms with van der Waals surface area (Å²) in [6.07, 6.45) is -2.69.